The monoisotopic (exact) mass is 226 g/mol. The fourth-order valence-corrected chi connectivity index (χ4v) is 2.26. The molecule has 0 bridgehead atoms. The van der Waals surface area contributed by atoms with Crippen molar-refractivity contribution >= 4 is 5.91 Å². The number of hydrogen-bond donors (Lipinski definition) is 1. The van der Waals surface area contributed by atoms with E-state index in [1.807, 2.05) is 14.0 Å². The SMILES string of the molecule is CC(NC(=O)CN(C)C1CC1)C1CCCO1. The Morgan fingerprint density at radius 3 is 2.81 bits per heavy atom. The maximum atomic E-state index is 11.7. The molecule has 1 amide bonds. The van der Waals surface area contributed by atoms with Crippen LogP contribution in [0.15, 0.2) is 0 Å². The molecule has 0 aromatic carbocycles. The van der Waals surface area contributed by atoms with Gasteiger partial charge < -0.3 is 10.1 Å². The summed E-state index contributed by atoms with van der Waals surface area (Å²) in [6, 6.07) is 0.784. The lowest BCUT2D eigenvalue weighted by molar-refractivity contribution is -0.123. The molecule has 1 saturated heterocycles. The molecule has 16 heavy (non-hydrogen) atoms. The van der Waals surface area contributed by atoms with Crippen molar-refractivity contribution in [2.24, 2.45) is 0 Å². The van der Waals surface area contributed by atoms with E-state index < -0.39 is 0 Å². The summed E-state index contributed by atoms with van der Waals surface area (Å²) in [6.07, 6.45) is 4.89. The lowest BCUT2D eigenvalue weighted by Gasteiger charge is -2.22. The van der Waals surface area contributed by atoms with Crippen LogP contribution in [0.5, 0.6) is 0 Å². The Morgan fingerprint density at radius 1 is 1.50 bits per heavy atom. The third-order valence-electron chi connectivity index (χ3n) is 3.47. The molecule has 1 heterocycles. The molecule has 4 nitrogen and oxygen atoms in total. The second kappa shape index (κ2) is 5.15. The lowest BCUT2D eigenvalue weighted by Crippen LogP contribution is -2.45. The summed E-state index contributed by atoms with van der Waals surface area (Å²) in [5.41, 5.74) is 0. The number of hydrogen-bond acceptors (Lipinski definition) is 3. The van der Waals surface area contributed by atoms with E-state index in [-0.39, 0.29) is 18.1 Å². The van der Waals surface area contributed by atoms with E-state index in [4.69, 9.17) is 4.74 Å². The predicted molar refractivity (Wildman–Crippen MR) is 62.2 cm³/mol. The van der Waals surface area contributed by atoms with Gasteiger partial charge in [-0.25, -0.2) is 0 Å². The zero-order chi connectivity index (χ0) is 11.5. The van der Waals surface area contributed by atoms with E-state index >= 15 is 0 Å². The normalized spacial score (nSPS) is 27.1. The molecule has 0 radical (unpaired) electrons. The molecular weight excluding hydrogens is 204 g/mol. The van der Waals surface area contributed by atoms with Gasteiger partial charge in [0.15, 0.2) is 0 Å². The van der Waals surface area contributed by atoms with Gasteiger partial charge in [0.1, 0.15) is 0 Å². The average Bonchev–Trinajstić information content (AvgIpc) is 2.93. The van der Waals surface area contributed by atoms with E-state index in [1.54, 1.807) is 0 Å². The minimum atomic E-state index is 0.123. The number of ether oxygens (including phenoxy) is 1. The van der Waals surface area contributed by atoms with Crippen LogP contribution >= 0.6 is 0 Å². The Bertz CT molecular complexity index is 247. The van der Waals surface area contributed by atoms with Crippen LogP contribution in [0, 0.1) is 0 Å². The van der Waals surface area contributed by atoms with Gasteiger partial charge in [-0.15, -0.1) is 0 Å². The maximum absolute atomic E-state index is 11.7. The summed E-state index contributed by atoms with van der Waals surface area (Å²) >= 11 is 0. The predicted octanol–water partition coefficient (Wildman–Crippen LogP) is 0.764. The third kappa shape index (κ3) is 3.19. The molecule has 92 valence electrons. The summed E-state index contributed by atoms with van der Waals surface area (Å²) in [5.74, 6) is 0.123. The van der Waals surface area contributed by atoms with Crippen LogP contribution in [0.4, 0.5) is 0 Å². The van der Waals surface area contributed by atoms with Crippen LogP contribution in [-0.4, -0.2) is 49.2 Å². The van der Waals surface area contributed by atoms with Gasteiger partial charge in [0.25, 0.3) is 0 Å². The molecule has 0 aromatic rings. The fourth-order valence-electron chi connectivity index (χ4n) is 2.26. The second-order valence-corrected chi connectivity index (χ2v) is 5.05. The van der Waals surface area contributed by atoms with Crippen molar-refractivity contribution < 1.29 is 9.53 Å². The van der Waals surface area contributed by atoms with E-state index in [9.17, 15) is 4.79 Å². The van der Waals surface area contributed by atoms with Crippen molar-refractivity contribution in [1.82, 2.24) is 10.2 Å². The summed E-state index contributed by atoms with van der Waals surface area (Å²) in [5, 5.41) is 3.03. The minimum Gasteiger partial charge on any atom is -0.376 e. The first-order chi connectivity index (χ1) is 7.66. The highest BCUT2D eigenvalue weighted by Gasteiger charge is 2.28. The molecular formula is C12H22N2O2. The van der Waals surface area contributed by atoms with E-state index in [0.29, 0.717) is 12.6 Å². The van der Waals surface area contributed by atoms with Gasteiger partial charge in [0, 0.05) is 12.6 Å². The number of amides is 1. The van der Waals surface area contributed by atoms with Crippen molar-refractivity contribution in [3.8, 4) is 0 Å². The molecule has 4 heteroatoms. The molecule has 1 aliphatic carbocycles. The van der Waals surface area contributed by atoms with Crippen LogP contribution in [0.3, 0.4) is 0 Å². The van der Waals surface area contributed by atoms with E-state index in [2.05, 4.69) is 10.2 Å². The van der Waals surface area contributed by atoms with Crippen molar-refractivity contribution in [2.45, 2.75) is 50.8 Å². The number of carbonyl (C=O) groups is 1. The van der Waals surface area contributed by atoms with Crippen LogP contribution in [-0.2, 0) is 9.53 Å². The Morgan fingerprint density at radius 2 is 2.25 bits per heavy atom. The van der Waals surface area contributed by atoms with Gasteiger partial charge in [-0.3, -0.25) is 9.69 Å². The summed E-state index contributed by atoms with van der Waals surface area (Å²) in [4.78, 5) is 13.9. The molecule has 2 aliphatic rings. The Labute approximate surface area is 97.3 Å². The third-order valence-corrected chi connectivity index (χ3v) is 3.47. The molecule has 0 spiro atoms. The van der Waals surface area contributed by atoms with Crippen molar-refractivity contribution in [3.05, 3.63) is 0 Å². The Kier molecular flexibility index (Phi) is 3.82. The van der Waals surface area contributed by atoms with Crippen molar-refractivity contribution in [1.29, 1.82) is 0 Å². The topological polar surface area (TPSA) is 41.6 Å². The number of nitrogens with one attached hydrogen (secondary N) is 1. The van der Waals surface area contributed by atoms with E-state index in [1.165, 1.54) is 12.8 Å². The van der Waals surface area contributed by atoms with Gasteiger partial charge in [0.05, 0.1) is 18.7 Å². The van der Waals surface area contributed by atoms with Gasteiger partial charge >= 0.3 is 0 Å². The van der Waals surface area contributed by atoms with Crippen molar-refractivity contribution in [2.75, 3.05) is 20.2 Å². The van der Waals surface area contributed by atoms with Crippen molar-refractivity contribution in [3.63, 3.8) is 0 Å². The minimum absolute atomic E-state index is 0.123. The molecule has 2 atom stereocenters. The van der Waals surface area contributed by atoms with E-state index in [0.717, 1.165) is 19.4 Å². The standard InChI is InChI=1S/C12H22N2O2/c1-9(11-4-3-7-16-11)13-12(15)8-14(2)10-5-6-10/h9-11H,3-8H2,1-2H3,(H,13,15). The maximum Gasteiger partial charge on any atom is 0.234 e. The first kappa shape index (κ1) is 11.9. The molecule has 1 aliphatic heterocycles. The van der Waals surface area contributed by atoms with Gasteiger partial charge in [0.2, 0.25) is 5.91 Å². The lowest BCUT2D eigenvalue weighted by atomic mass is 10.1. The molecule has 2 rings (SSSR count). The molecule has 1 N–H and O–H groups in total. The smallest absolute Gasteiger partial charge is 0.234 e. The average molecular weight is 226 g/mol. The van der Waals surface area contributed by atoms with Crippen LogP contribution < -0.4 is 5.32 Å². The zero-order valence-electron chi connectivity index (χ0n) is 10.2. The fraction of sp³-hybridized carbons (Fsp3) is 0.917. The highest BCUT2D eigenvalue weighted by atomic mass is 16.5. The second-order valence-electron chi connectivity index (χ2n) is 5.05. The molecule has 2 unspecified atom stereocenters. The van der Waals surface area contributed by atoms with Crippen LogP contribution in [0.25, 0.3) is 0 Å². The number of likely N-dealkylation sites (N-methyl/N-ethyl adjacent to an activating group) is 1. The summed E-state index contributed by atoms with van der Waals surface area (Å²) < 4.78 is 5.55. The van der Waals surface area contributed by atoms with Gasteiger partial charge in [-0.2, -0.15) is 0 Å². The number of rotatable bonds is 5. The quantitative estimate of drug-likeness (QED) is 0.752. The molecule has 1 saturated carbocycles. The number of carbonyl (C=O) groups excluding carboxylic acids is 1. The highest BCUT2D eigenvalue weighted by molar-refractivity contribution is 5.78. The van der Waals surface area contributed by atoms with Crippen LogP contribution in [0.1, 0.15) is 32.6 Å². The first-order valence-electron chi connectivity index (χ1n) is 6.28. The van der Waals surface area contributed by atoms with Crippen LogP contribution in [0.2, 0.25) is 0 Å². The number of nitrogens with zero attached hydrogens (tertiary/aromatic N) is 1. The summed E-state index contributed by atoms with van der Waals surface area (Å²) in [7, 11) is 2.02. The van der Waals surface area contributed by atoms with Gasteiger partial charge in [-0.1, -0.05) is 0 Å². The Balaban J connectivity index is 1.68. The van der Waals surface area contributed by atoms with Gasteiger partial charge in [-0.05, 0) is 39.7 Å². The summed E-state index contributed by atoms with van der Waals surface area (Å²) in [6.45, 7) is 3.39. The Hall–Kier alpha value is -0.610. The first-order valence-corrected chi connectivity index (χ1v) is 6.28. The molecule has 2 fully saturated rings. The zero-order valence-corrected chi connectivity index (χ0v) is 10.2. The molecule has 0 aromatic heterocycles. The highest BCUT2D eigenvalue weighted by Crippen LogP contribution is 2.24. The largest absolute Gasteiger partial charge is 0.376 e.